The fourth-order valence-corrected chi connectivity index (χ4v) is 1.82. The monoisotopic (exact) mass is 234 g/mol. The number of amides is 1. The van der Waals surface area contributed by atoms with Gasteiger partial charge in [-0.2, -0.15) is 0 Å². The Kier molecular flexibility index (Phi) is 3.98. The Morgan fingerprint density at radius 1 is 1.47 bits per heavy atom. The van der Waals surface area contributed by atoms with Crippen LogP contribution in [0.3, 0.4) is 0 Å². The van der Waals surface area contributed by atoms with Gasteiger partial charge in [-0.15, -0.1) is 0 Å². The summed E-state index contributed by atoms with van der Waals surface area (Å²) in [5.41, 5.74) is 1.86. The number of carbonyl (C=O) groups excluding carboxylic acids is 1. The second-order valence-corrected chi connectivity index (χ2v) is 4.19. The lowest BCUT2D eigenvalue weighted by atomic mass is 10.2. The van der Waals surface area contributed by atoms with E-state index in [1.165, 1.54) is 0 Å². The molecule has 4 nitrogen and oxygen atoms in total. The molecule has 0 saturated carbocycles. The Morgan fingerprint density at radius 3 is 3.00 bits per heavy atom. The zero-order valence-corrected chi connectivity index (χ0v) is 10.0. The molecular formula is C13H18N2O2. The second-order valence-electron chi connectivity index (χ2n) is 4.19. The Labute approximate surface area is 101 Å². The minimum atomic E-state index is 0.0337. The van der Waals surface area contributed by atoms with Crippen LogP contribution in [0.2, 0.25) is 0 Å². The molecule has 1 saturated heterocycles. The first-order valence-electron chi connectivity index (χ1n) is 6.02. The number of benzene rings is 1. The summed E-state index contributed by atoms with van der Waals surface area (Å²) in [6.45, 7) is 3.42. The molecule has 1 amide bonds. The molecule has 1 aromatic rings. The zero-order chi connectivity index (χ0) is 12.1. The minimum Gasteiger partial charge on any atom is -0.380 e. The molecular weight excluding hydrogens is 216 g/mol. The molecule has 1 aromatic carbocycles. The Balaban J connectivity index is 1.97. The maximum Gasteiger partial charge on any atom is 0.224 e. The van der Waals surface area contributed by atoms with Gasteiger partial charge in [0.2, 0.25) is 5.91 Å². The topological polar surface area (TPSA) is 50.4 Å². The highest BCUT2D eigenvalue weighted by Crippen LogP contribution is 2.18. The summed E-state index contributed by atoms with van der Waals surface area (Å²) in [7, 11) is 0. The largest absolute Gasteiger partial charge is 0.380 e. The van der Waals surface area contributed by atoms with Crippen LogP contribution in [0.1, 0.15) is 19.8 Å². The normalized spacial score (nSPS) is 19.0. The average Bonchev–Trinajstić information content (AvgIpc) is 2.82. The van der Waals surface area contributed by atoms with E-state index in [0.29, 0.717) is 12.5 Å². The van der Waals surface area contributed by atoms with E-state index in [0.717, 1.165) is 31.0 Å². The van der Waals surface area contributed by atoms with Crippen LogP contribution in [0.4, 0.5) is 11.4 Å². The van der Waals surface area contributed by atoms with E-state index in [9.17, 15) is 4.79 Å². The van der Waals surface area contributed by atoms with Crippen LogP contribution in [-0.4, -0.2) is 25.2 Å². The molecule has 17 heavy (non-hydrogen) atoms. The summed E-state index contributed by atoms with van der Waals surface area (Å²) in [6, 6.07) is 8.16. The lowest BCUT2D eigenvalue weighted by Crippen LogP contribution is -2.19. The van der Waals surface area contributed by atoms with Crippen LogP contribution in [0.15, 0.2) is 24.3 Å². The highest BCUT2D eigenvalue weighted by Gasteiger charge is 2.14. The van der Waals surface area contributed by atoms with Gasteiger partial charge in [-0.1, -0.05) is 13.0 Å². The third kappa shape index (κ3) is 3.46. The van der Waals surface area contributed by atoms with Gasteiger partial charge in [0.1, 0.15) is 0 Å². The van der Waals surface area contributed by atoms with E-state index in [-0.39, 0.29) is 5.91 Å². The third-order valence-corrected chi connectivity index (χ3v) is 2.77. The van der Waals surface area contributed by atoms with E-state index < -0.39 is 0 Å². The van der Waals surface area contributed by atoms with Crippen molar-refractivity contribution in [2.75, 3.05) is 23.8 Å². The highest BCUT2D eigenvalue weighted by molar-refractivity contribution is 5.90. The minimum absolute atomic E-state index is 0.0337. The van der Waals surface area contributed by atoms with Gasteiger partial charge < -0.3 is 15.4 Å². The van der Waals surface area contributed by atoms with Gasteiger partial charge in [-0.25, -0.2) is 0 Å². The van der Waals surface area contributed by atoms with Crippen molar-refractivity contribution in [1.29, 1.82) is 0 Å². The summed E-state index contributed by atoms with van der Waals surface area (Å²) in [4.78, 5) is 11.3. The van der Waals surface area contributed by atoms with Gasteiger partial charge in [0, 0.05) is 24.4 Å². The highest BCUT2D eigenvalue weighted by atomic mass is 16.5. The van der Waals surface area contributed by atoms with Crippen molar-refractivity contribution in [3.05, 3.63) is 24.3 Å². The Morgan fingerprint density at radius 2 is 2.29 bits per heavy atom. The van der Waals surface area contributed by atoms with Crippen LogP contribution in [0, 0.1) is 0 Å². The average molecular weight is 234 g/mol. The lowest BCUT2D eigenvalue weighted by molar-refractivity contribution is -0.115. The number of hydrogen-bond donors (Lipinski definition) is 2. The van der Waals surface area contributed by atoms with Crippen LogP contribution in [0.25, 0.3) is 0 Å². The first-order valence-corrected chi connectivity index (χ1v) is 6.02. The molecule has 1 unspecified atom stereocenters. The summed E-state index contributed by atoms with van der Waals surface area (Å²) in [5, 5.41) is 6.24. The first kappa shape index (κ1) is 11.9. The molecule has 0 radical (unpaired) electrons. The van der Waals surface area contributed by atoms with Gasteiger partial charge in [-0.05, 0) is 24.6 Å². The maximum atomic E-state index is 11.3. The van der Waals surface area contributed by atoms with Gasteiger partial charge in [0.25, 0.3) is 0 Å². The van der Waals surface area contributed by atoms with Crippen LogP contribution < -0.4 is 10.6 Å². The van der Waals surface area contributed by atoms with Gasteiger partial charge in [0.05, 0.1) is 12.6 Å². The number of rotatable bonds is 4. The van der Waals surface area contributed by atoms with Crippen molar-refractivity contribution in [3.63, 3.8) is 0 Å². The van der Waals surface area contributed by atoms with E-state index in [1.807, 2.05) is 31.2 Å². The molecule has 0 spiro atoms. The third-order valence-electron chi connectivity index (χ3n) is 2.77. The summed E-state index contributed by atoms with van der Waals surface area (Å²) in [5.74, 6) is 0.0337. The maximum absolute atomic E-state index is 11.3. The molecule has 92 valence electrons. The second kappa shape index (κ2) is 5.68. The summed E-state index contributed by atoms with van der Waals surface area (Å²) < 4.78 is 5.31. The fraction of sp³-hybridized carbons (Fsp3) is 0.462. The number of ether oxygens (including phenoxy) is 1. The van der Waals surface area contributed by atoms with Crippen LogP contribution in [-0.2, 0) is 9.53 Å². The molecule has 0 aliphatic carbocycles. The SMILES string of the molecule is CCC(=O)Nc1cccc(NC2CCOC2)c1. The van der Waals surface area contributed by atoms with E-state index in [2.05, 4.69) is 10.6 Å². The smallest absolute Gasteiger partial charge is 0.224 e. The fourth-order valence-electron chi connectivity index (χ4n) is 1.82. The molecule has 0 bridgehead atoms. The quantitative estimate of drug-likeness (QED) is 0.840. The molecule has 0 aromatic heterocycles. The van der Waals surface area contributed by atoms with Crippen LogP contribution in [0.5, 0.6) is 0 Å². The lowest BCUT2D eigenvalue weighted by Gasteiger charge is -2.13. The molecule has 4 heteroatoms. The summed E-state index contributed by atoms with van der Waals surface area (Å²) in [6.07, 6.45) is 1.53. The van der Waals surface area contributed by atoms with E-state index in [4.69, 9.17) is 4.74 Å². The van der Waals surface area contributed by atoms with E-state index in [1.54, 1.807) is 0 Å². The molecule has 1 atom stereocenters. The van der Waals surface area contributed by atoms with E-state index >= 15 is 0 Å². The van der Waals surface area contributed by atoms with Crippen molar-refractivity contribution in [2.24, 2.45) is 0 Å². The zero-order valence-electron chi connectivity index (χ0n) is 10.0. The van der Waals surface area contributed by atoms with Gasteiger partial charge in [-0.3, -0.25) is 4.79 Å². The molecule has 1 heterocycles. The number of hydrogen-bond acceptors (Lipinski definition) is 3. The van der Waals surface area contributed by atoms with Crippen molar-refractivity contribution < 1.29 is 9.53 Å². The van der Waals surface area contributed by atoms with Crippen molar-refractivity contribution in [3.8, 4) is 0 Å². The predicted octanol–water partition coefficient (Wildman–Crippen LogP) is 2.24. The van der Waals surface area contributed by atoms with Gasteiger partial charge >= 0.3 is 0 Å². The molecule has 2 N–H and O–H groups in total. The van der Waals surface area contributed by atoms with Crippen LogP contribution >= 0.6 is 0 Å². The Hall–Kier alpha value is -1.55. The standard InChI is InChI=1S/C13H18N2O2/c1-2-13(16)15-11-5-3-4-10(8-11)14-12-6-7-17-9-12/h3-5,8,12,14H,2,6-7,9H2,1H3,(H,15,16). The van der Waals surface area contributed by atoms with Crippen molar-refractivity contribution in [1.82, 2.24) is 0 Å². The molecule has 1 fully saturated rings. The van der Waals surface area contributed by atoms with Gasteiger partial charge in [0.15, 0.2) is 0 Å². The molecule has 1 aliphatic rings. The first-order chi connectivity index (χ1) is 8.28. The number of nitrogens with one attached hydrogen (secondary N) is 2. The number of carbonyl (C=O) groups is 1. The summed E-state index contributed by atoms with van der Waals surface area (Å²) >= 11 is 0. The number of anilines is 2. The molecule has 2 rings (SSSR count). The predicted molar refractivity (Wildman–Crippen MR) is 68.2 cm³/mol. The van der Waals surface area contributed by atoms with Crippen molar-refractivity contribution >= 4 is 17.3 Å². The Bertz CT molecular complexity index is 387. The molecule has 1 aliphatic heterocycles. The van der Waals surface area contributed by atoms with Crippen molar-refractivity contribution in [2.45, 2.75) is 25.8 Å².